The number of nitrogens with zero attached hydrogens (tertiary/aromatic N) is 5. The van der Waals surface area contributed by atoms with Crippen LogP contribution in [-0.4, -0.2) is 42.9 Å². The highest BCUT2D eigenvalue weighted by Crippen LogP contribution is 2.43. The number of alkyl halides is 2. The fourth-order valence-corrected chi connectivity index (χ4v) is 4.32. The van der Waals surface area contributed by atoms with Crippen molar-refractivity contribution in [3.8, 4) is 6.07 Å². The van der Waals surface area contributed by atoms with Gasteiger partial charge in [-0.25, -0.2) is 14.2 Å². The number of nitrogens with one attached hydrogen (secondary N) is 1. The third-order valence-corrected chi connectivity index (χ3v) is 6.13. The van der Waals surface area contributed by atoms with Gasteiger partial charge in [0.25, 0.3) is 5.92 Å². The number of nitriles is 1. The molecule has 2 aromatic rings. The Morgan fingerprint density at radius 2 is 2.19 bits per heavy atom. The van der Waals surface area contributed by atoms with E-state index >= 15 is 0 Å². The average molecular weight is 499 g/mol. The molecule has 4 heterocycles. The van der Waals surface area contributed by atoms with Gasteiger partial charge in [0.15, 0.2) is 5.82 Å². The Hall–Kier alpha value is -2.65. The van der Waals surface area contributed by atoms with Gasteiger partial charge >= 0.3 is 6.03 Å². The molecule has 0 fully saturated rings. The second-order valence-electron chi connectivity index (χ2n) is 7.76. The summed E-state index contributed by atoms with van der Waals surface area (Å²) in [6.45, 7) is -0.144. The standard InChI is InChI=1S/C19H18BrF3N6O2/c20-16-14(21)13(1-7-25-16)26-17(30)28-8-2-12-11(9-28)15-19(22,23)4-3-18(31,5-6-24)10-29(15)27-12/h1,7,31H,2-5,8-10H2,(H,25,26,30). The van der Waals surface area contributed by atoms with Gasteiger partial charge in [-0.1, -0.05) is 0 Å². The van der Waals surface area contributed by atoms with Crippen LogP contribution in [0.4, 0.5) is 23.7 Å². The van der Waals surface area contributed by atoms with E-state index in [4.69, 9.17) is 5.26 Å². The van der Waals surface area contributed by atoms with Gasteiger partial charge in [0, 0.05) is 31.1 Å². The maximum absolute atomic E-state index is 15.0. The summed E-state index contributed by atoms with van der Waals surface area (Å²) in [5.74, 6) is -4.02. The smallest absolute Gasteiger partial charge is 0.322 e. The molecule has 0 bridgehead atoms. The molecule has 2 amide bonds. The number of amides is 2. The summed E-state index contributed by atoms with van der Waals surface area (Å²) < 4.78 is 45.1. The number of hydrogen-bond donors (Lipinski definition) is 2. The van der Waals surface area contributed by atoms with Gasteiger partial charge in [0.05, 0.1) is 42.6 Å². The average Bonchev–Trinajstić information content (AvgIpc) is 3.03. The van der Waals surface area contributed by atoms with Crippen molar-refractivity contribution in [2.45, 2.75) is 50.3 Å². The van der Waals surface area contributed by atoms with E-state index in [0.717, 1.165) is 4.68 Å². The first-order valence-electron chi connectivity index (χ1n) is 9.56. The summed E-state index contributed by atoms with van der Waals surface area (Å²) in [4.78, 5) is 17.7. The van der Waals surface area contributed by atoms with Crippen LogP contribution in [0.15, 0.2) is 16.9 Å². The lowest BCUT2D eigenvalue weighted by molar-refractivity contribution is -0.0394. The summed E-state index contributed by atoms with van der Waals surface area (Å²) in [7, 11) is 0. The van der Waals surface area contributed by atoms with E-state index in [9.17, 15) is 23.1 Å². The number of fused-ring (bicyclic) bond motifs is 3. The normalized spacial score (nSPS) is 22.1. The molecule has 8 nitrogen and oxygen atoms in total. The minimum absolute atomic E-state index is 0.0577. The first-order chi connectivity index (χ1) is 14.6. The van der Waals surface area contributed by atoms with Crippen molar-refractivity contribution >= 4 is 27.6 Å². The van der Waals surface area contributed by atoms with E-state index in [0.29, 0.717) is 5.69 Å². The number of pyridine rings is 1. The van der Waals surface area contributed by atoms with E-state index < -0.39 is 29.8 Å². The zero-order valence-corrected chi connectivity index (χ0v) is 17.8. The second kappa shape index (κ2) is 7.80. The Bertz CT molecular complexity index is 1090. The monoisotopic (exact) mass is 498 g/mol. The second-order valence-corrected chi connectivity index (χ2v) is 8.51. The van der Waals surface area contributed by atoms with Gasteiger partial charge in [-0.05, 0) is 28.4 Å². The number of aromatic nitrogens is 3. The minimum Gasteiger partial charge on any atom is -0.387 e. The van der Waals surface area contributed by atoms with Crippen LogP contribution >= 0.6 is 15.9 Å². The molecule has 0 saturated carbocycles. The lowest BCUT2D eigenvalue weighted by atomic mass is 9.93. The van der Waals surface area contributed by atoms with Crippen LogP contribution < -0.4 is 5.32 Å². The van der Waals surface area contributed by atoms with Gasteiger partial charge < -0.3 is 15.3 Å². The molecule has 12 heteroatoms. The van der Waals surface area contributed by atoms with Crippen molar-refractivity contribution in [3.63, 3.8) is 0 Å². The molecule has 2 aliphatic heterocycles. The number of carbonyl (C=O) groups is 1. The summed E-state index contributed by atoms with van der Waals surface area (Å²) in [5, 5.41) is 26.3. The predicted molar refractivity (Wildman–Crippen MR) is 106 cm³/mol. The van der Waals surface area contributed by atoms with E-state index in [1.165, 1.54) is 17.2 Å². The van der Waals surface area contributed by atoms with E-state index in [1.807, 2.05) is 6.07 Å². The zero-order chi connectivity index (χ0) is 22.4. The van der Waals surface area contributed by atoms with Crippen LogP contribution in [0.1, 0.15) is 36.2 Å². The number of anilines is 1. The topological polar surface area (TPSA) is 107 Å². The molecule has 2 N–H and O–H groups in total. The number of urea groups is 1. The van der Waals surface area contributed by atoms with Crippen LogP contribution in [0, 0.1) is 17.1 Å². The fourth-order valence-electron chi connectivity index (χ4n) is 3.99. The van der Waals surface area contributed by atoms with Crippen LogP contribution in [0.2, 0.25) is 0 Å². The van der Waals surface area contributed by atoms with Gasteiger partial charge in [-0.3, -0.25) is 4.68 Å². The van der Waals surface area contributed by atoms with Gasteiger partial charge in [-0.2, -0.15) is 19.1 Å². The molecule has 0 aliphatic carbocycles. The van der Waals surface area contributed by atoms with Gasteiger partial charge in [0.2, 0.25) is 0 Å². The number of carbonyl (C=O) groups excluding carboxylic acids is 1. The maximum Gasteiger partial charge on any atom is 0.322 e. The Morgan fingerprint density at radius 1 is 1.42 bits per heavy atom. The molecule has 4 rings (SSSR count). The largest absolute Gasteiger partial charge is 0.387 e. The van der Waals surface area contributed by atoms with Crippen LogP contribution in [0.3, 0.4) is 0 Å². The first-order valence-corrected chi connectivity index (χ1v) is 10.3. The summed E-state index contributed by atoms with van der Waals surface area (Å²) >= 11 is 2.94. The fraction of sp³-hybridized carbons (Fsp3) is 0.474. The Morgan fingerprint density at radius 3 is 2.94 bits per heavy atom. The predicted octanol–water partition coefficient (Wildman–Crippen LogP) is 3.30. The van der Waals surface area contributed by atoms with E-state index in [1.54, 1.807) is 0 Å². The molecule has 0 spiro atoms. The highest BCUT2D eigenvalue weighted by atomic mass is 79.9. The van der Waals surface area contributed by atoms with Crippen LogP contribution in [0.5, 0.6) is 0 Å². The Labute approximate surface area is 183 Å². The molecule has 164 valence electrons. The SMILES string of the molecule is N#CCC1(O)CCC(F)(F)c2c3c(nn2C1)CCN(C(=O)Nc1ccnc(Br)c1F)C3. The number of rotatable bonds is 2. The lowest BCUT2D eigenvalue weighted by Crippen LogP contribution is -2.39. The highest BCUT2D eigenvalue weighted by Gasteiger charge is 2.47. The van der Waals surface area contributed by atoms with Crippen molar-refractivity contribution in [1.29, 1.82) is 5.26 Å². The Kier molecular flexibility index (Phi) is 5.43. The first kappa shape index (κ1) is 21.6. The molecule has 0 saturated heterocycles. The third-order valence-electron chi connectivity index (χ3n) is 5.58. The zero-order valence-electron chi connectivity index (χ0n) is 16.2. The molecule has 0 aromatic carbocycles. The van der Waals surface area contributed by atoms with Crippen molar-refractivity contribution in [3.05, 3.63) is 39.6 Å². The van der Waals surface area contributed by atoms with Gasteiger partial charge in [0.1, 0.15) is 10.3 Å². The summed E-state index contributed by atoms with van der Waals surface area (Å²) in [6, 6.07) is 2.50. The molecular weight excluding hydrogens is 481 g/mol. The number of halogens is 4. The molecule has 1 unspecified atom stereocenters. The quantitative estimate of drug-likeness (QED) is 0.617. The van der Waals surface area contributed by atoms with Crippen molar-refractivity contribution in [1.82, 2.24) is 19.7 Å². The van der Waals surface area contributed by atoms with Crippen molar-refractivity contribution in [2.75, 3.05) is 11.9 Å². The van der Waals surface area contributed by atoms with E-state index in [-0.39, 0.29) is 60.4 Å². The van der Waals surface area contributed by atoms with Crippen LogP contribution in [0.25, 0.3) is 0 Å². The molecule has 2 aromatic heterocycles. The Balaban J connectivity index is 1.61. The highest BCUT2D eigenvalue weighted by molar-refractivity contribution is 9.10. The molecular formula is C19H18BrF3N6O2. The van der Waals surface area contributed by atoms with E-state index in [2.05, 4.69) is 31.3 Å². The molecule has 31 heavy (non-hydrogen) atoms. The number of aliphatic hydroxyl groups is 1. The summed E-state index contributed by atoms with van der Waals surface area (Å²) in [5.41, 5.74) is -1.37. The molecule has 2 aliphatic rings. The van der Waals surface area contributed by atoms with Crippen LogP contribution in [-0.2, 0) is 25.4 Å². The maximum atomic E-state index is 15.0. The molecule has 1 atom stereocenters. The number of hydrogen-bond acceptors (Lipinski definition) is 5. The summed E-state index contributed by atoms with van der Waals surface area (Å²) in [6.07, 6.45) is 0.391. The van der Waals surface area contributed by atoms with Gasteiger partial charge in [-0.15, -0.1) is 0 Å². The lowest BCUT2D eigenvalue weighted by Gasteiger charge is -2.28. The minimum atomic E-state index is -3.28. The molecule has 0 radical (unpaired) electrons. The van der Waals surface area contributed by atoms with Crippen molar-refractivity contribution < 1.29 is 23.1 Å². The third kappa shape index (κ3) is 3.99. The van der Waals surface area contributed by atoms with Crippen molar-refractivity contribution in [2.24, 2.45) is 0 Å².